The summed E-state index contributed by atoms with van der Waals surface area (Å²) in [6.07, 6.45) is 0.772. The zero-order chi connectivity index (χ0) is 14.6. The number of benzene rings is 2. The Morgan fingerprint density at radius 3 is 2.45 bits per heavy atom. The number of hydrogen-bond donors (Lipinski definition) is 2. The van der Waals surface area contributed by atoms with Crippen LogP contribution in [0.2, 0.25) is 5.02 Å². The van der Waals surface area contributed by atoms with Gasteiger partial charge in [0, 0.05) is 10.2 Å². The quantitative estimate of drug-likeness (QED) is 0.807. The number of anilines is 1. The van der Waals surface area contributed by atoms with Crippen LogP contribution in [0, 0.1) is 0 Å². The monoisotopic (exact) mass is 353 g/mol. The van der Waals surface area contributed by atoms with E-state index in [9.17, 15) is 5.11 Å². The van der Waals surface area contributed by atoms with Crippen molar-refractivity contribution < 1.29 is 5.11 Å². The highest BCUT2D eigenvalue weighted by Crippen LogP contribution is 2.32. The van der Waals surface area contributed by atoms with Gasteiger partial charge in [-0.25, -0.2) is 0 Å². The second-order valence-electron chi connectivity index (χ2n) is 4.71. The van der Waals surface area contributed by atoms with Crippen LogP contribution in [-0.4, -0.2) is 11.7 Å². The third kappa shape index (κ3) is 3.17. The molecule has 0 saturated carbocycles. The van der Waals surface area contributed by atoms with Crippen molar-refractivity contribution in [3.63, 3.8) is 0 Å². The first-order valence-electron chi connectivity index (χ1n) is 6.51. The average Bonchev–Trinajstić information content (AvgIpc) is 2.49. The van der Waals surface area contributed by atoms with Gasteiger partial charge in [0.1, 0.15) is 0 Å². The molecule has 106 valence electrons. The molecule has 2 aromatic carbocycles. The summed E-state index contributed by atoms with van der Waals surface area (Å²) in [5, 5.41) is 14.0. The lowest BCUT2D eigenvalue weighted by Gasteiger charge is -2.34. The fourth-order valence-electron chi connectivity index (χ4n) is 2.21. The van der Waals surface area contributed by atoms with Gasteiger partial charge in [-0.05, 0) is 46.1 Å². The lowest BCUT2D eigenvalue weighted by atomic mass is 9.87. The molecule has 2 nitrogen and oxygen atoms in total. The predicted octanol–water partition coefficient (Wildman–Crippen LogP) is 4.81. The van der Waals surface area contributed by atoms with Crippen molar-refractivity contribution in [2.45, 2.75) is 18.9 Å². The lowest BCUT2D eigenvalue weighted by molar-refractivity contribution is 0.207. The number of halogens is 2. The summed E-state index contributed by atoms with van der Waals surface area (Å²) in [5.41, 5.74) is 1.49. The van der Waals surface area contributed by atoms with Crippen LogP contribution < -0.4 is 5.32 Å². The van der Waals surface area contributed by atoms with E-state index in [1.807, 2.05) is 48.5 Å². The normalized spacial score (nSPS) is 13.8. The first-order chi connectivity index (χ1) is 9.61. The van der Waals surface area contributed by atoms with Crippen LogP contribution in [0.4, 0.5) is 5.69 Å². The molecule has 0 radical (unpaired) electrons. The highest BCUT2D eigenvalue weighted by atomic mass is 79.9. The van der Waals surface area contributed by atoms with Gasteiger partial charge in [-0.3, -0.25) is 0 Å². The predicted molar refractivity (Wildman–Crippen MR) is 88.3 cm³/mol. The van der Waals surface area contributed by atoms with E-state index < -0.39 is 5.54 Å². The Balaban J connectivity index is 2.36. The summed E-state index contributed by atoms with van der Waals surface area (Å²) in [6, 6.07) is 15.7. The van der Waals surface area contributed by atoms with Crippen molar-refractivity contribution in [1.82, 2.24) is 0 Å². The van der Waals surface area contributed by atoms with E-state index in [1.54, 1.807) is 0 Å². The Morgan fingerprint density at radius 2 is 1.90 bits per heavy atom. The molecule has 2 N–H and O–H groups in total. The Kier molecular flexibility index (Phi) is 5.08. The number of aliphatic hydroxyl groups is 1. The molecule has 0 amide bonds. The average molecular weight is 355 g/mol. The zero-order valence-electron chi connectivity index (χ0n) is 11.2. The third-order valence-electron chi connectivity index (χ3n) is 3.50. The molecule has 0 bridgehead atoms. The second-order valence-corrected chi connectivity index (χ2v) is 5.98. The molecule has 0 aliphatic rings. The van der Waals surface area contributed by atoms with Gasteiger partial charge in [0.2, 0.25) is 0 Å². The van der Waals surface area contributed by atoms with Gasteiger partial charge in [-0.2, -0.15) is 0 Å². The second kappa shape index (κ2) is 6.61. The molecule has 2 rings (SSSR count). The van der Waals surface area contributed by atoms with Crippen molar-refractivity contribution in [1.29, 1.82) is 0 Å². The standard InChI is InChI=1S/C16H17BrClNO/c1-2-16(11-20,12-6-4-3-5-7-12)19-13-8-9-15(18)14(17)10-13/h3-10,19-20H,2,11H2,1H3. The van der Waals surface area contributed by atoms with Gasteiger partial charge in [0.05, 0.1) is 17.2 Å². The van der Waals surface area contributed by atoms with Crippen molar-refractivity contribution in [3.8, 4) is 0 Å². The lowest BCUT2D eigenvalue weighted by Crippen LogP contribution is -2.38. The first-order valence-corrected chi connectivity index (χ1v) is 7.68. The summed E-state index contributed by atoms with van der Waals surface area (Å²) < 4.78 is 0.833. The Hall–Kier alpha value is -1.03. The molecule has 0 aliphatic carbocycles. The maximum Gasteiger partial charge on any atom is 0.0854 e. The van der Waals surface area contributed by atoms with Gasteiger partial charge in [0.25, 0.3) is 0 Å². The molecule has 0 heterocycles. The molecule has 20 heavy (non-hydrogen) atoms. The summed E-state index contributed by atoms with van der Waals surface area (Å²) >= 11 is 9.43. The van der Waals surface area contributed by atoms with E-state index in [0.717, 1.165) is 22.1 Å². The molecule has 0 aromatic heterocycles. The molecule has 0 aliphatic heterocycles. The van der Waals surface area contributed by atoms with Gasteiger partial charge in [-0.1, -0.05) is 48.9 Å². The van der Waals surface area contributed by atoms with E-state index in [-0.39, 0.29) is 6.61 Å². The fraction of sp³-hybridized carbons (Fsp3) is 0.250. The van der Waals surface area contributed by atoms with Gasteiger partial charge >= 0.3 is 0 Å². The number of aliphatic hydroxyl groups excluding tert-OH is 1. The van der Waals surface area contributed by atoms with Crippen LogP contribution >= 0.6 is 27.5 Å². The van der Waals surface area contributed by atoms with E-state index in [0.29, 0.717) is 5.02 Å². The van der Waals surface area contributed by atoms with E-state index in [4.69, 9.17) is 11.6 Å². The summed E-state index contributed by atoms with van der Waals surface area (Å²) in [4.78, 5) is 0. The molecule has 0 spiro atoms. The number of rotatable bonds is 5. The minimum atomic E-state index is -0.492. The Bertz CT molecular complexity index is 570. The topological polar surface area (TPSA) is 32.3 Å². The molecule has 2 aromatic rings. The molecule has 1 unspecified atom stereocenters. The van der Waals surface area contributed by atoms with Crippen LogP contribution in [0.3, 0.4) is 0 Å². The van der Waals surface area contributed by atoms with Crippen molar-refractivity contribution in [2.24, 2.45) is 0 Å². The van der Waals surface area contributed by atoms with E-state index in [1.165, 1.54) is 0 Å². The fourth-order valence-corrected chi connectivity index (χ4v) is 2.71. The molecular weight excluding hydrogens is 338 g/mol. The third-order valence-corrected chi connectivity index (χ3v) is 4.72. The summed E-state index contributed by atoms with van der Waals surface area (Å²) in [6.45, 7) is 2.08. The maximum atomic E-state index is 9.91. The highest BCUT2D eigenvalue weighted by Gasteiger charge is 2.29. The zero-order valence-corrected chi connectivity index (χ0v) is 13.6. The van der Waals surface area contributed by atoms with Crippen LogP contribution in [-0.2, 0) is 5.54 Å². The van der Waals surface area contributed by atoms with Crippen molar-refractivity contribution in [2.75, 3.05) is 11.9 Å². The molecular formula is C16H17BrClNO. The number of nitrogens with one attached hydrogen (secondary N) is 1. The van der Waals surface area contributed by atoms with Crippen molar-refractivity contribution >= 4 is 33.2 Å². The van der Waals surface area contributed by atoms with Crippen LogP contribution in [0.15, 0.2) is 53.0 Å². The molecule has 4 heteroatoms. The molecule has 0 fully saturated rings. The Labute approximate surface area is 132 Å². The highest BCUT2D eigenvalue weighted by molar-refractivity contribution is 9.10. The maximum absolute atomic E-state index is 9.91. The Morgan fingerprint density at radius 1 is 1.20 bits per heavy atom. The largest absolute Gasteiger partial charge is 0.394 e. The van der Waals surface area contributed by atoms with Gasteiger partial charge in [-0.15, -0.1) is 0 Å². The molecule has 0 saturated heterocycles. The van der Waals surface area contributed by atoms with Gasteiger partial charge in [0.15, 0.2) is 0 Å². The van der Waals surface area contributed by atoms with Crippen LogP contribution in [0.5, 0.6) is 0 Å². The van der Waals surface area contributed by atoms with Crippen LogP contribution in [0.25, 0.3) is 0 Å². The van der Waals surface area contributed by atoms with Crippen LogP contribution in [0.1, 0.15) is 18.9 Å². The van der Waals surface area contributed by atoms with E-state index >= 15 is 0 Å². The first kappa shape index (κ1) is 15.4. The SMILES string of the molecule is CCC(CO)(Nc1ccc(Cl)c(Br)c1)c1ccccc1. The number of hydrogen-bond acceptors (Lipinski definition) is 2. The summed E-state index contributed by atoms with van der Waals surface area (Å²) in [5.74, 6) is 0. The van der Waals surface area contributed by atoms with Gasteiger partial charge < -0.3 is 10.4 Å². The minimum absolute atomic E-state index is 0.0216. The molecule has 1 atom stereocenters. The van der Waals surface area contributed by atoms with E-state index in [2.05, 4.69) is 28.2 Å². The minimum Gasteiger partial charge on any atom is -0.394 e. The summed E-state index contributed by atoms with van der Waals surface area (Å²) in [7, 11) is 0. The van der Waals surface area contributed by atoms with Crippen molar-refractivity contribution in [3.05, 3.63) is 63.6 Å². The smallest absolute Gasteiger partial charge is 0.0854 e.